The summed E-state index contributed by atoms with van der Waals surface area (Å²) in [5.74, 6) is -1.76. The summed E-state index contributed by atoms with van der Waals surface area (Å²) in [4.78, 5) is 10.2. The number of phenolic OH excluding ortho intramolecular Hbond substituents is 1. The highest BCUT2D eigenvalue weighted by Gasteiger charge is 2.04. The Labute approximate surface area is 80.1 Å². The Kier molecular flexibility index (Phi) is 2.86. The second-order valence-electron chi connectivity index (χ2n) is 2.83. The molecule has 0 amide bonds. The lowest BCUT2D eigenvalue weighted by Crippen LogP contribution is -1.88. The van der Waals surface area contributed by atoms with Gasteiger partial charge < -0.3 is 10.2 Å². The average Bonchev–Trinajstić information content (AvgIpc) is 2.08. The van der Waals surface area contributed by atoms with E-state index in [1.165, 1.54) is 13.0 Å². The minimum atomic E-state index is -1.15. The highest BCUT2D eigenvalue weighted by atomic mass is 19.1. The molecule has 3 nitrogen and oxygen atoms in total. The predicted molar refractivity (Wildman–Crippen MR) is 49.5 cm³/mol. The number of carbonyl (C=O) groups is 1. The first-order valence-corrected chi connectivity index (χ1v) is 3.91. The van der Waals surface area contributed by atoms with Gasteiger partial charge in [0.1, 0.15) is 11.6 Å². The lowest BCUT2D eigenvalue weighted by atomic mass is 10.1. The van der Waals surface area contributed by atoms with Gasteiger partial charge in [0, 0.05) is 11.6 Å². The average molecular weight is 196 g/mol. The smallest absolute Gasteiger partial charge is 0.328 e. The van der Waals surface area contributed by atoms with Gasteiger partial charge in [0.2, 0.25) is 0 Å². The largest absolute Gasteiger partial charge is 0.507 e. The van der Waals surface area contributed by atoms with Crippen LogP contribution < -0.4 is 0 Å². The molecule has 0 unspecified atom stereocenters. The molecule has 1 aromatic rings. The number of aryl methyl sites for hydroxylation is 1. The van der Waals surface area contributed by atoms with Crippen LogP contribution in [0.15, 0.2) is 18.2 Å². The first-order valence-electron chi connectivity index (χ1n) is 3.91. The third-order valence-electron chi connectivity index (χ3n) is 1.70. The van der Waals surface area contributed by atoms with Gasteiger partial charge in [0.15, 0.2) is 0 Å². The number of hydrogen-bond donors (Lipinski definition) is 2. The lowest BCUT2D eigenvalue weighted by Gasteiger charge is -2.02. The fraction of sp³-hybridized carbons (Fsp3) is 0.100. The van der Waals surface area contributed by atoms with E-state index in [0.717, 1.165) is 18.2 Å². The van der Waals surface area contributed by atoms with Gasteiger partial charge in [-0.1, -0.05) is 0 Å². The summed E-state index contributed by atoms with van der Waals surface area (Å²) in [6.45, 7) is 1.54. The van der Waals surface area contributed by atoms with Gasteiger partial charge in [-0.2, -0.15) is 0 Å². The van der Waals surface area contributed by atoms with Gasteiger partial charge in [0.25, 0.3) is 0 Å². The summed E-state index contributed by atoms with van der Waals surface area (Å²) >= 11 is 0. The Bertz CT molecular complexity index is 397. The van der Waals surface area contributed by atoms with Gasteiger partial charge in [-0.25, -0.2) is 9.18 Å². The fourth-order valence-electron chi connectivity index (χ4n) is 1.05. The molecule has 1 aromatic carbocycles. The maximum atomic E-state index is 12.8. The molecule has 0 aliphatic rings. The van der Waals surface area contributed by atoms with E-state index in [1.807, 2.05) is 0 Å². The Morgan fingerprint density at radius 3 is 2.71 bits per heavy atom. The second kappa shape index (κ2) is 3.91. The standard InChI is InChI=1S/C10H9FO3/c1-6-4-8(11)5-7(10(6)14)2-3-9(12)13/h2-5,14H,1H3,(H,12,13)/b3-2+. The number of aromatic hydroxyl groups is 1. The Balaban J connectivity index is 3.14. The molecule has 0 aliphatic carbocycles. The predicted octanol–water partition coefficient (Wildman–Crippen LogP) is 1.94. The van der Waals surface area contributed by atoms with E-state index in [4.69, 9.17) is 5.11 Å². The van der Waals surface area contributed by atoms with E-state index in [-0.39, 0.29) is 11.3 Å². The van der Waals surface area contributed by atoms with Crippen LogP contribution in [0.25, 0.3) is 6.08 Å². The van der Waals surface area contributed by atoms with E-state index < -0.39 is 11.8 Å². The van der Waals surface area contributed by atoms with Gasteiger partial charge in [-0.05, 0) is 30.7 Å². The zero-order valence-electron chi connectivity index (χ0n) is 7.49. The van der Waals surface area contributed by atoms with Crippen molar-refractivity contribution in [2.45, 2.75) is 6.92 Å². The summed E-state index contributed by atoms with van der Waals surface area (Å²) in [5.41, 5.74) is 0.528. The van der Waals surface area contributed by atoms with E-state index in [0.29, 0.717) is 5.56 Å². The molecular formula is C10H9FO3. The highest BCUT2D eigenvalue weighted by molar-refractivity contribution is 5.86. The molecule has 0 heterocycles. The molecule has 14 heavy (non-hydrogen) atoms. The van der Waals surface area contributed by atoms with Crippen LogP contribution in [0.5, 0.6) is 5.75 Å². The van der Waals surface area contributed by atoms with Crippen LogP contribution in [0.1, 0.15) is 11.1 Å². The van der Waals surface area contributed by atoms with Crippen molar-refractivity contribution in [1.82, 2.24) is 0 Å². The van der Waals surface area contributed by atoms with Crippen molar-refractivity contribution in [3.8, 4) is 5.75 Å². The first-order chi connectivity index (χ1) is 6.50. The number of hydrogen-bond acceptors (Lipinski definition) is 2. The van der Waals surface area contributed by atoms with Crippen LogP contribution in [0.2, 0.25) is 0 Å². The van der Waals surface area contributed by atoms with Gasteiger partial charge in [0.05, 0.1) is 0 Å². The number of halogens is 1. The molecule has 0 radical (unpaired) electrons. The van der Waals surface area contributed by atoms with E-state index >= 15 is 0 Å². The summed E-state index contributed by atoms with van der Waals surface area (Å²) in [5, 5.41) is 17.8. The minimum Gasteiger partial charge on any atom is -0.507 e. The molecule has 0 saturated heterocycles. The van der Waals surface area contributed by atoms with Crippen LogP contribution >= 0.6 is 0 Å². The lowest BCUT2D eigenvalue weighted by molar-refractivity contribution is -0.131. The zero-order chi connectivity index (χ0) is 10.7. The molecule has 0 bridgehead atoms. The van der Waals surface area contributed by atoms with E-state index in [1.54, 1.807) is 0 Å². The number of rotatable bonds is 2. The van der Waals surface area contributed by atoms with Crippen molar-refractivity contribution in [1.29, 1.82) is 0 Å². The topological polar surface area (TPSA) is 57.5 Å². The summed E-state index contributed by atoms with van der Waals surface area (Å²) in [6.07, 6.45) is 1.99. The molecule has 0 spiro atoms. The maximum Gasteiger partial charge on any atom is 0.328 e. The molecule has 0 atom stereocenters. The zero-order valence-corrected chi connectivity index (χ0v) is 7.49. The highest BCUT2D eigenvalue weighted by Crippen LogP contribution is 2.24. The van der Waals surface area contributed by atoms with Gasteiger partial charge in [-0.15, -0.1) is 0 Å². The number of aliphatic carboxylic acids is 1. The molecule has 1 rings (SSSR count). The molecule has 0 aromatic heterocycles. The van der Waals surface area contributed by atoms with Crippen molar-refractivity contribution in [2.24, 2.45) is 0 Å². The number of phenols is 1. The molecule has 4 heteroatoms. The Morgan fingerprint density at radius 1 is 1.50 bits per heavy atom. The SMILES string of the molecule is Cc1cc(F)cc(/C=C/C(=O)O)c1O. The van der Waals surface area contributed by atoms with Crippen molar-refractivity contribution in [3.63, 3.8) is 0 Å². The number of carboxylic acids is 1. The second-order valence-corrected chi connectivity index (χ2v) is 2.83. The van der Waals surface area contributed by atoms with Crippen LogP contribution in [0.4, 0.5) is 4.39 Å². The molecule has 0 fully saturated rings. The van der Waals surface area contributed by atoms with E-state index in [2.05, 4.69) is 0 Å². The molecule has 0 saturated carbocycles. The number of carboxylic acid groups (broad SMARTS) is 1. The fourth-order valence-corrected chi connectivity index (χ4v) is 1.05. The summed E-state index contributed by atoms with van der Waals surface area (Å²) < 4.78 is 12.8. The molecule has 0 aliphatic heterocycles. The van der Waals surface area contributed by atoms with Crippen LogP contribution in [0.3, 0.4) is 0 Å². The molecule has 2 N–H and O–H groups in total. The van der Waals surface area contributed by atoms with Crippen molar-refractivity contribution in [3.05, 3.63) is 35.2 Å². The monoisotopic (exact) mass is 196 g/mol. The van der Waals surface area contributed by atoms with Gasteiger partial charge in [-0.3, -0.25) is 0 Å². The first kappa shape index (κ1) is 10.2. The molecular weight excluding hydrogens is 187 g/mol. The minimum absolute atomic E-state index is 0.107. The summed E-state index contributed by atoms with van der Waals surface area (Å²) in [6, 6.07) is 2.25. The van der Waals surface area contributed by atoms with Crippen molar-refractivity contribution < 1.29 is 19.4 Å². The quantitative estimate of drug-likeness (QED) is 0.710. The van der Waals surface area contributed by atoms with Crippen LogP contribution in [-0.2, 0) is 4.79 Å². The Morgan fingerprint density at radius 2 is 2.14 bits per heavy atom. The van der Waals surface area contributed by atoms with Crippen LogP contribution in [0, 0.1) is 12.7 Å². The Hall–Kier alpha value is -1.84. The maximum absolute atomic E-state index is 12.8. The normalized spacial score (nSPS) is 10.7. The summed E-state index contributed by atoms with van der Waals surface area (Å²) in [7, 11) is 0. The van der Waals surface area contributed by atoms with E-state index in [9.17, 15) is 14.3 Å². The van der Waals surface area contributed by atoms with Crippen molar-refractivity contribution in [2.75, 3.05) is 0 Å². The third kappa shape index (κ3) is 2.32. The van der Waals surface area contributed by atoms with Crippen molar-refractivity contribution >= 4 is 12.0 Å². The van der Waals surface area contributed by atoms with Gasteiger partial charge >= 0.3 is 5.97 Å². The number of benzene rings is 1. The third-order valence-corrected chi connectivity index (χ3v) is 1.70. The van der Waals surface area contributed by atoms with Crippen LogP contribution in [-0.4, -0.2) is 16.2 Å². The molecule has 74 valence electrons.